The van der Waals surface area contributed by atoms with E-state index in [0.717, 1.165) is 33.5 Å². The minimum Gasteiger partial charge on any atom is -0.392 e. The molecule has 4 N–H and O–H groups in total. The van der Waals surface area contributed by atoms with E-state index in [-0.39, 0.29) is 30.3 Å². The summed E-state index contributed by atoms with van der Waals surface area (Å²) in [6, 6.07) is 44.1. The van der Waals surface area contributed by atoms with Gasteiger partial charge in [-0.3, -0.25) is 9.59 Å². The molecule has 11 nitrogen and oxygen atoms in total. The van der Waals surface area contributed by atoms with Crippen LogP contribution in [0, 0.1) is 0 Å². The monoisotopic (exact) mass is 793 g/mol. The van der Waals surface area contributed by atoms with Crippen molar-refractivity contribution in [3.63, 3.8) is 0 Å². The van der Waals surface area contributed by atoms with Crippen molar-refractivity contribution in [2.24, 2.45) is 0 Å². The molecule has 0 radical (unpaired) electrons. The molecule has 3 aliphatic heterocycles. The number of aliphatic hydroxyl groups excluding tert-OH is 1. The van der Waals surface area contributed by atoms with Gasteiger partial charge >= 0.3 is 6.03 Å². The Balaban J connectivity index is 1.05. The van der Waals surface area contributed by atoms with Crippen LogP contribution in [0.3, 0.4) is 0 Å². The van der Waals surface area contributed by atoms with Crippen LogP contribution in [0.2, 0.25) is 0 Å². The summed E-state index contributed by atoms with van der Waals surface area (Å²) >= 11 is 0. The molecule has 1 spiro atoms. The van der Waals surface area contributed by atoms with Crippen molar-refractivity contribution < 1.29 is 29.0 Å². The first kappa shape index (κ1) is 40.0. The van der Waals surface area contributed by atoms with Gasteiger partial charge in [0.2, 0.25) is 5.91 Å². The molecule has 3 heterocycles. The minimum absolute atomic E-state index is 0.0642. The first-order chi connectivity index (χ1) is 28.8. The van der Waals surface area contributed by atoms with Gasteiger partial charge in [0.1, 0.15) is 5.54 Å². The number of hydrogen-bond acceptors (Lipinski definition) is 8. The topological polar surface area (TPSA) is 132 Å². The number of piperidine rings is 1. The third-order valence-corrected chi connectivity index (χ3v) is 12.0. The summed E-state index contributed by atoms with van der Waals surface area (Å²) in [6.45, 7) is 3.92. The first-order valence-electron chi connectivity index (χ1n) is 20.4. The molecule has 0 aromatic heterocycles. The van der Waals surface area contributed by atoms with Crippen LogP contribution in [-0.2, 0) is 32.1 Å². The highest BCUT2D eigenvalue weighted by molar-refractivity contribution is 5.94. The molecule has 59 heavy (non-hydrogen) atoms. The first-order valence-corrected chi connectivity index (χ1v) is 20.4. The summed E-state index contributed by atoms with van der Waals surface area (Å²) in [5.74, 6) is -0.256. The maximum absolute atomic E-state index is 13.5. The van der Waals surface area contributed by atoms with Crippen molar-refractivity contribution in [1.29, 1.82) is 0 Å². The molecule has 3 amide bonds. The van der Waals surface area contributed by atoms with Gasteiger partial charge in [-0.2, -0.15) is 0 Å². The van der Waals surface area contributed by atoms with Crippen LogP contribution in [0.4, 0.5) is 16.2 Å². The average Bonchev–Trinajstić information content (AvgIpc) is 3.59. The summed E-state index contributed by atoms with van der Waals surface area (Å²) in [7, 11) is 0. The Morgan fingerprint density at radius 3 is 2.14 bits per heavy atom. The Hall–Kier alpha value is -5.85. The number of rotatable bonds is 12. The molecule has 8 rings (SSSR count). The van der Waals surface area contributed by atoms with Crippen LogP contribution < -0.4 is 20.9 Å². The van der Waals surface area contributed by atoms with Gasteiger partial charge in [0.25, 0.3) is 0 Å². The van der Waals surface area contributed by atoms with Gasteiger partial charge in [-0.25, -0.2) is 4.79 Å². The van der Waals surface area contributed by atoms with E-state index in [2.05, 4.69) is 50.0 Å². The molecular formula is C48H51N5O6. The lowest BCUT2D eigenvalue weighted by Crippen LogP contribution is -2.57. The van der Waals surface area contributed by atoms with Gasteiger partial charge in [0.15, 0.2) is 12.1 Å². The molecule has 3 fully saturated rings. The second kappa shape index (κ2) is 18.0. The number of carbonyl (C=O) groups is 3. The van der Waals surface area contributed by atoms with Crippen molar-refractivity contribution in [1.82, 2.24) is 15.5 Å². The third kappa shape index (κ3) is 8.94. The minimum atomic E-state index is -0.791. The van der Waals surface area contributed by atoms with E-state index < -0.39 is 30.0 Å². The molecule has 1 unspecified atom stereocenters. The number of nitrogens with one attached hydrogen (secondary N) is 3. The number of benzene rings is 5. The smallest absolute Gasteiger partial charge is 0.319 e. The van der Waals surface area contributed by atoms with Crippen molar-refractivity contribution in [3.05, 3.63) is 167 Å². The molecule has 3 saturated heterocycles. The highest BCUT2D eigenvalue weighted by atomic mass is 16.7. The van der Waals surface area contributed by atoms with Crippen LogP contribution in [0.25, 0.3) is 0 Å². The molecule has 5 aromatic carbocycles. The molecule has 0 aliphatic carbocycles. The number of ketones is 1. The van der Waals surface area contributed by atoms with E-state index in [1.807, 2.05) is 109 Å². The van der Waals surface area contributed by atoms with Crippen LogP contribution in [0.15, 0.2) is 140 Å². The zero-order chi connectivity index (χ0) is 40.8. The Morgan fingerprint density at radius 1 is 0.797 bits per heavy atom. The number of anilines is 2. The lowest BCUT2D eigenvalue weighted by Gasteiger charge is -2.47. The molecule has 0 saturated carbocycles. The number of likely N-dealkylation sites (tertiary alicyclic amines) is 1. The van der Waals surface area contributed by atoms with Crippen molar-refractivity contribution in [3.8, 4) is 0 Å². The lowest BCUT2D eigenvalue weighted by molar-refractivity contribution is -0.264. The average molecular weight is 794 g/mol. The van der Waals surface area contributed by atoms with Gasteiger partial charge in [0, 0.05) is 42.5 Å². The summed E-state index contributed by atoms with van der Waals surface area (Å²) in [5.41, 5.74) is 5.46. The van der Waals surface area contributed by atoms with Gasteiger partial charge in [-0.15, -0.1) is 0 Å². The summed E-state index contributed by atoms with van der Waals surface area (Å²) in [4.78, 5) is 43.9. The van der Waals surface area contributed by atoms with Gasteiger partial charge < -0.3 is 40.3 Å². The molecule has 5 aromatic rings. The predicted octanol–water partition coefficient (Wildman–Crippen LogP) is 6.87. The van der Waals surface area contributed by atoms with E-state index in [1.165, 1.54) is 6.92 Å². The Morgan fingerprint density at radius 2 is 1.46 bits per heavy atom. The fourth-order valence-corrected chi connectivity index (χ4v) is 8.79. The van der Waals surface area contributed by atoms with Crippen molar-refractivity contribution >= 4 is 29.1 Å². The molecule has 3 aliphatic rings. The van der Waals surface area contributed by atoms with Crippen LogP contribution >= 0.6 is 0 Å². The number of nitrogens with zero attached hydrogens (tertiary/aromatic N) is 2. The maximum Gasteiger partial charge on any atom is 0.319 e. The number of aliphatic hydroxyl groups is 1. The third-order valence-electron chi connectivity index (χ3n) is 12.0. The van der Waals surface area contributed by atoms with Gasteiger partial charge in [-0.1, -0.05) is 115 Å². The number of amides is 3. The quantitative estimate of drug-likeness (QED) is 0.108. The number of hydrogen-bond donors (Lipinski definition) is 4. The Labute approximate surface area is 345 Å². The second-order valence-corrected chi connectivity index (χ2v) is 15.7. The summed E-state index contributed by atoms with van der Waals surface area (Å²) in [6.07, 6.45) is 0.190. The predicted molar refractivity (Wildman–Crippen MR) is 227 cm³/mol. The van der Waals surface area contributed by atoms with Crippen molar-refractivity contribution in [2.75, 3.05) is 36.5 Å². The van der Waals surface area contributed by atoms with Crippen LogP contribution in [-0.4, -0.2) is 71.7 Å². The van der Waals surface area contributed by atoms with E-state index in [4.69, 9.17) is 9.47 Å². The number of carbonyl (C=O) groups excluding carboxylic acids is 3. The van der Waals surface area contributed by atoms with Crippen LogP contribution in [0.5, 0.6) is 0 Å². The van der Waals surface area contributed by atoms with E-state index in [0.29, 0.717) is 51.3 Å². The van der Waals surface area contributed by atoms with Crippen molar-refractivity contribution in [2.45, 2.75) is 68.8 Å². The number of Topliss-reactive ketones (excluding diaryl/α,β-unsaturated/α-hetero) is 1. The lowest BCUT2D eigenvalue weighted by atomic mass is 9.82. The summed E-state index contributed by atoms with van der Waals surface area (Å²) < 4.78 is 14.0. The largest absolute Gasteiger partial charge is 0.392 e. The molecule has 5 atom stereocenters. The number of urea groups is 1. The normalized spacial score (nSPS) is 22.1. The second-order valence-electron chi connectivity index (χ2n) is 15.7. The highest BCUT2D eigenvalue weighted by Gasteiger charge is 2.51. The molecular weight excluding hydrogens is 743 g/mol. The fourth-order valence-electron chi connectivity index (χ4n) is 8.79. The molecule has 0 bridgehead atoms. The van der Waals surface area contributed by atoms with Gasteiger partial charge in [0.05, 0.1) is 31.5 Å². The SMILES string of the molecule is CC(=O)[C@@H](Cc1ccccc1)NC(=O)Nc1cccc(C2O[C@H](CN3CCC4(CC3)C(=O)NCN4c3ccccc3)[C@@H](c3ccccc3)[C@H](c3ccc(CO)cc3)O2)c1. The zero-order valence-electron chi connectivity index (χ0n) is 33.2. The number of para-hydroxylation sites is 1. The van der Waals surface area contributed by atoms with E-state index in [9.17, 15) is 19.5 Å². The standard InChI is InChI=1S/C48H51N5O6/c1-33(55)41(28-34-12-5-2-6-13-34)51-47(57)50-39-17-11-16-38(29-39)45-58-42(43(36-14-7-3-8-15-36)44(59-45)37-22-20-35(31-54)21-23-37)30-52-26-24-48(25-27-52)46(56)49-32-53(48)40-18-9-4-10-19-40/h2-23,29,41-45,54H,24-28,30-32H2,1H3,(H,49,56)(H2,50,51,57)/t41-,42-,43-,44+,45?/m1/s1. The summed E-state index contributed by atoms with van der Waals surface area (Å²) in [5, 5.41) is 18.7. The fraction of sp³-hybridized carbons (Fsp3) is 0.312. The number of ether oxygens (including phenoxy) is 2. The van der Waals surface area contributed by atoms with Crippen LogP contribution in [0.1, 0.15) is 65.9 Å². The maximum atomic E-state index is 13.5. The zero-order valence-corrected chi connectivity index (χ0v) is 33.2. The Kier molecular flexibility index (Phi) is 12.2. The Bertz CT molecular complexity index is 2200. The van der Waals surface area contributed by atoms with E-state index in [1.54, 1.807) is 6.07 Å². The molecule has 304 valence electrons. The van der Waals surface area contributed by atoms with E-state index >= 15 is 0 Å². The van der Waals surface area contributed by atoms with Gasteiger partial charge in [-0.05, 0) is 72.7 Å². The highest BCUT2D eigenvalue weighted by Crippen LogP contribution is 2.48. The molecule has 11 heteroatoms.